The molecular formula is C10H10BrNO2. The van der Waals surface area contributed by atoms with Gasteiger partial charge in [0.2, 0.25) is 0 Å². The molecule has 0 aromatic heterocycles. The number of ether oxygens (including phenoxy) is 2. The molecule has 0 aliphatic carbocycles. The number of nitrogens with zero attached hydrogens (tertiary/aromatic N) is 1. The molecule has 3 nitrogen and oxygen atoms in total. The molecule has 0 fully saturated rings. The van der Waals surface area contributed by atoms with E-state index in [1.165, 1.54) is 14.2 Å². The zero-order valence-electron chi connectivity index (χ0n) is 7.95. The molecule has 0 unspecified atom stereocenters. The van der Waals surface area contributed by atoms with Crippen molar-refractivity contribution in [2.24, 2.45) is 0 Å². The Morgan fingerprint density at radius 1 is 1.36 bits per heavy atom. The normalized spacial score (nSPS) is 10.2. The second-order valence-electron chi connectivity index (χ2n) is 2.65. The number of benzene rings is 1. The van der Waals surface area contributed by atoms with Crippen LogP contribution in [0, 0.1) is 11.3 Å². The standard InChI is InChI=1S/C10H10BrNO2/c1-13-10(14-2)9-4-3-8(11)5-7(9)6-12/h3-5,10H,1-2H3. The van der Waals surface area contributed by atoms with Gasteiger partial charge in [0.15, 0.2) is 6.29 Å². The van der Waals surface area contributed by atoms with Gasteiger partial charge in [0.25, 0.3) is 0 Å². The fourth-order valence-corrected chi connectivity index (χ4v) is 1.54. The molecule has 0 atom stereocenters. The van der Waals surface area contributed by atoms with Crippen LogP contribution >= 0.6 is 15.9 Å². The Labute approximate surface area is 91.4 Å². The highest BCUT2D eigenvalue weighted by atomic mass is 79.9. The van der Waals surface area contributed by atoms with Crippen LogP contribution in [0.5, 0.6) is 0 Å². The van der Waals surface area contributed by atoms with Crippen molar-refractivity contribution in [1.82, 2.24) is 0 Å². The quantitative estimate of drug-likeness (QED) is 0.780. The second-order valence-corrected chi connectivity index (χ2v) is 3.56. The van der Waals surface area contributed by atoms with Gasteiger partial charge in [0.05, 0.1) is 11.6 Å². The molecule has 4 heteroatoms. The monoisotopic (exact) mass is 255 g/mol. The van der Waals surface area contributed by atoms with Crippen molar-refractivity contribution in [2.75, 3.05) is 14.2 Å². The largest absolute Gasteiger partial charge is 0.352 e. The molecule has 0 aliphatic heterocycles. The molecule has 0 saturated heterocycles. The summed E-state index contributed by atoms with van der Waals surface area (Å²) in [6.07, 6.45) is -0.488. The van der Waals surface area contributed by atoms with E-state index in [-0.39, 0.29) is 0 Å². The van der Waals surface area contributed by atoms with E-state index >= 15 is 0 Å². The van der Waals surface area contributed by atoms with Gasteiger partial charge in [-0.05, 0) is 12.1 Å². The van der Waals surface area contributed by atoms with Crippen LogP contribution in [-0.2, 0) is 9.47 Å². The highest BCUT2D eigenvalue weighted by Gasteiger charge is 2.13. The van der Waals surface area contributed by atoms with Crippen LogP contribution in [0.3, 0.4) is 0 Å². The van der Waals surface area contributed by atoms with E-state index < -0.39 is 6.29 Å². The zero-order valence-corrected chi connectivity index (χ0v) is 9.54. The minimum atomic E-state index is -0.488. The van der Waals surface area contributed by atoms with E-state index in [1.807, 2.05) is 6.07 Å². The average Bonchev–Trinajstić information content (AvgIpc) is 2.21. The molecule has 0 amide bonds. The van der Waals surface area contributed by atoms with Gasteiger partial charge < -0.3 is 9.47 Å². The Morgan fingerprint density at radius 2 is 2.00 bits per heavy atom. The Bertz CT molecular complexity index is 356. The van der Waals surface area contributed by atoms with Gasteiger partial charge in [-0.25, -0.2) is 0 Å². The molecule has 0 saturated carbocycles. The maximum Gasteiger partial charge on any atom is 0.184 e. The fourth-order valence-electron chi connectivity index (χ4n) is 1.18. The molecular weight excluding hydrogens is 246 g/mol. The van der Waals surface area contributed by atoms with Gasteiger partial charge >= 0.3 is 0 Å². The molecule has 0 N–H and O–H groups in total. The first-order valence-corrected chi connectivity index (χ1v) is 4.77. The van der Waals surface area contributed by atoms with Crippen molar-refractivity contribution in [3.05, 3.63) is 33.8 Å². The highest BCUT2D eigenvalue weighted by Crippen LogP contribution is 2.24. The predicted octanol–water partition coefficient (Wildman–Crippen LogP) is 2.61. The van der Waals surface area contributed by atoms with Crippen molar-refractivity contribution in [2.45, 2.75) is 6.29 Å². The Morgan fingerprint density at radius 3 is 2.50 bits per heavy atom. The molecule has 0 aliphatic rings. The average molecular weight is 256 g/mol. The molecule has 1 aromatic carbocycles. The smallest absolute Gasteiger partial charge is 0.184 e. The van der Waals surface area contributed by atoms with Crippen LogP contribution < -0.4 is 0 Å². The number of rotatable bonds is 3. The van der Waals surface area contributed by atoms with Crippen LogP contribution in [-0.4, -0.2) is 14.2 Å². The molecule has 0 bridgehead atoms. The lowest BCUT2D eigenvalue weighted by Crippen LogP contribution is -2.05. The van der Waals surface area contributed by atoms with Gasteiger partial charge in [-0.1, -0.05) is 22.0 Å². The SMILES string of the molecule is COC(OC)c1ccc(Br)cc1C#N. The molecule has 0 heterocycles. The third kappa shape index (κ3) is 2.32. The van der Waals surface area contributed by atoms with Crippen LogP contribution in [0.15, 0.2) is 22.7 Å². The Hall–Kier alpha value is -0.890. The summed E-state index contributed by atoms with van der Waals surface area (Å²) < 4.78 is 11.0. The van der Waals surface area contributed by atoms with Gasteiger partial charge in [-0.15, -0.1) is 0 Å². The van der Waals surface area contributed by atoms with E-state index in [2.05, 4.69) is 22.0 Å². The van der Waals surface area contributed by atoms with E-state index in [0.717, 1.165) is 10.0 Å². The topological polar surface area (TPSA) is 42.2 Å². The molecule has 14 heavy (non-hydrogen) atoms. The number of hydrogen-bond donors (Lipinski definition) is 0. The van der Waals surface area contributed by atoms with Crippen LogP contribution in [0.25, 0.3) is 0 Å². The van der Waals surface area contributed by atoms with E-state index in [1.54, 1.807) is 12.1 Å². The summed E-state index contributed by atoms with van der Waals surface area (Å²) in [6, 6.07) is 7.49. The van der Waals surface area contributed by atoms with Crippen molar-refractivity contribution >= 4 is 15.9 Å². The number of hydrogen-bond acceptors (Lipinski definition) is 3. The minimum absolute atomic E-state index is 0.488. The zero-order chi connectivity index (χ0) is 10.6. The van der Waals surface area contributed by atoms with E-state index in [0.29, 0.717) is 5.56 Å². The lowest BCUT2D eigenvalue weighted by Gasteiger charge is -2.14. The van der Waals surface area contributed by atoms with Crippen molar-refractivity contribution in [3.63, 3.8) is 0 Å². The summed E-state index contributed by atoms with van der Waals surface area (Å²) in [6.45, 7) is 0. The number of methoxy groups -OCH3 is 2. The third-order valence-electron chi connectivity index (χ3n) is 1.82. The Kier molecular flexibility index (Phi) is 4.08. The van der Waals surface area contributed by atoms with Crippen molar-refractivity contribution in [3.8, 4) is 6.07 Å². The lowest BCUT2D eigenvalue weighted by atomic mass is 10.1. The van der Waals surface area contributed by atoms with E-state index in [9.17, 15) is 0 Å². The maximum absolute atomic E-state index is 8.90. The molecule has 74 valence electrons. The minimum Gasteiger partial charge on any atom is -0.352 e. The molecule has 1 rings (SSSR count). The highest BCUT2D eigenvalue weighted by molar-refractivity contribution is 9.10. The number of nitriles is 1. The van der Waals surface area contributed by atoms with Gasteiger partial charge in [0.1, 0.15) is 0 Å². The fraction of sp³-hybridized carbons (Fsp3) is 0.300. The molecule has 0 radical (unpaired) electrons. The van der Waals surface area contributed by atoms with Gasteiger partial charge in [-0.2, -0.15) is 5.26 Å². The Balaban J connectivity index is 3.14. The van der Waals surface area contributed by atoms with Gasteiger partial charge in [-0.3, -0.25) is 0 Å². The maximum atomic E-state index is 8.90. The molecule has 0 spiro atoms. The first-order chi connectivity index (χ1) is 6.72. The summed E-state index contributed by atoms with van der Waals surface area (Å²) in [5, 5.41) is 8.90. The number of halogens is 1. The first-order valence-electron chi connectivity index (χ1n) is 3.98. The summed E-state index contributed by atoms with van der Waals surface area (Å²) in [5.41, 5.74) is 1.29. The van der Waals surface area contributed by atoms with Crippen molar-refractivity contribution < 1.29 is 9.47 Å². The van der Waals surface area contributed by atoms with Crippen LogP contribution in [0.2, 0.25) is 0 Å². The first kappa shape index (κ1) is 11.2. The van der Waals surface area contributed by atoms with Crippen molar-refractivity contribution in [1.29, 1.82) is 5.26 Å². The second kappa shape index (κ2) is 5.11. The van der Waals surface area contributed by atoms with Crippen LogP contribution in [0.4, 0.5) is 0 Å². The molecule has 1 aromatic rings. The lowest BCUT2D eigenvalue weighted by molar-refractivity contribution is -0.106. The van der Waals surface area contributed by atoms with Crippen LogP contribution in [0.1, 0.15) is 17.4 Å². The predicted molar refractivity (Wildman–Crippen MR) is 55.6 cm³/mol. The van der Waals surface area contributed by atoms with Gasteiger partial charge in [0, 0.05) is 24.3 Å². The third-order valence-corrected chi connectivity index (χ3v) is 2.31. The summed E-state index contributed by atoms with van der Waals surface area (Å²) in [5.74, 6) is 0. The van der Waals surface area contributed by atoms with E-state index in [4.69, 9.17) is 14.7 Å². The summed E-state index contributed by atoms with van der Waals surface area (Å²) >= 11 is 3.30. The summed E-state index contributed by atoms with van der Waals surface area (Å²) in [4.78, 5) is 0. The summed E-state index contributed by atoms with van der Waals surface area (Å²) in [7, 11) is 3.08.